The Kier molecular flexibility index (Phi) is 2.78. The lowest BCUT2D eigenvalue weighted by Crippen LogP contribution is -2.80. The second-order valence-corrected chi connectivity index (χ2v) is 7.27. The highest BCUT2D eigenvalue weighted by atomic mass is 16.5. The Morgan fingerprint density at radius 2 is 2.00 bits per heavy atom. The van der Waals surface area contributed by atoms with Gasteiger partial charge in [0, 0.05) is 31.0 Å². The van der Waals surface area contributed by atoms with Gasteiger partial charge in [0.1, 0.15) is 5.54 Å². The molecule has 4 nitrogen and oxygen atoms in total. The van der Waals surface area contributed by atoms with Crippen LogP contribution in [0.15, 0.2) is 0 Å². The molecular weight excluding hydrogens is 240 g/mol. The smallest absolute Gasteiger partial charge is 0.243 e. The summed E-state index contributed by atoms with van der Waals surface area (Å²) >= 11 is 0. The van der Waals surface area contributed by atoms with Crippen LogP contribution in [0.3, 0.4) is 0 Å². The van der Waals surface area contributed by atoms with Gasteiger partial charge in [-0.2, -0.15) is 0 Å². The summed E-state index contributed by atoms with van der Waals surface area (Å²) in [6, 6.07) is 0.310. The fourth-order valence-corrected chi connectivity index (χ4v) is 4.19. The number of carbonyl (C=O) groups excluding carboxylic acids is 1. The molecule has 3 fully saturated rings. The Bertz CT molecular complexity index is 405. The van der Waals surface area contributed by atoms with Crippen molar-refractivity contribution in [2.24, 2.45) is 23.0 Å². The highest BCUT2D eigenvalue weighted by molar-refractivity contribution is 5.89. The number of rotatable bonds is 3. The van der Waals surface area contributed by atoms with Crippen LogP contribution in [-0.2, 0) is 9.53 Å². The van der Waals surface area contributed by atoms with Crippen molar-refractivity contribution < 1.29 is 9.53 Å². The summed E-state index contributed by atoms with van der Waals surface area (Å²) in [5.41, 5.74) is 5.59. The molecule has 4 heteroatoms. The van der Waals surface area contributed by atoms with Gasteiger partial charge in [-0.05, 0) is 32.1 Å². The molecule has 3 aliphatic rings. The van der Waals surface area contributed by atoms with Crippen molar-refractivity contribution in [2.75, 3.05) is 13.7 Å². The third-order valence-electron chi connectivity index (χ3n) is 6.04. The van der Waals surface area contributed by atoms with Crippen LogP contribution in [-0.4, -0.2) is 42.1 Å². The fraction of sp³-hybridized carbons (Fsp3) is 0.933. The van der Waals surface area contributed by atoms with E-state index in [1.165, 1.54) is 12.8 Å². The first-order chi connectivity index (χ1) is 8.81. The van der Waals surface area contributed by atoms with E-state index in [2.05, 4.69) is 20.8 Å². The van der Waals surface area contributed by atoms with Gasteiger partial charge in [-0.15, -0.1) is 0 Å². The molecule has 1 aliphatic heterocycles. The average molecular weight is 266 g/mol. The van der Waals surface area contributed by atoms with E-state index in [9.17, 15) is 4.79 Å². The van der Waals surface area contributed by atoms with Crippen LogP contribution < -0.4 is 5.73 Å². The van der Waals surface area contributed by atoms with E-state index in [1.807, 2.05) is 11.9 Å². The predicted octanol–water partition coefficient (Wildman–Crippen LogP) is 1.39. The minimum absolute atomic E-state index is 0.114. The predicted molar refractivity (Wildman–Crippen MR) is 73.5 cm³/mol. The summed E-state index contributed by atoms with van der Waals surface area (Å²) in [5.74, 6) is 0.990. The van der Waals surface area contributed by atoms with Crippen LogP contribution in [0.25, 0.3) is 0 Å². The maximum Gasteiger partial charge on any atom is 0.243 e. The molecule has 0 aromatic rings. The summed E-state index contributed by atoms with van der Waals surface area (Å²) in [5, 5.41) is 0. The van der Waals surface area contributed by atoms with E-state index in [1.54, 1.807) is 0 Å². The van der Waals surface area contributed by atoms with Crippen LogP contribution in [0.1, 0.15) is 40.0 Å². The Balaban J connectivity index is 1.81. The zero-order valence-corrected chi connectivity index (χ0v) is 12.5. The molecule has 4 atom stereocenters. The zero-order chi connectivity index (χ0) is 14.0. The van der Waals surface area contributed by atoms with Crippen LogP contribution in [0.2, 0.25) is 0 Å². The fourth-order valence-electron chi connectivity index (χ4n) is 4.19. The molecule has 0 spiro atoms. The lowest BCUT2D eigenvalue weighted by molar-refractivity contribution is -0.185. The van der Waals surface area contributed by atoms with Gasteiger partial charge in [-0.1, -0.05) is 13.8 Å². The number of carbonyl (C=O) groups is 1. The molecule has 3 rings (SSSR count). The monoisotopic (exact) mass is 266 g/mol. The second-order valence-electron chi connectivity index (χ2n) is 7.27. The maximum absolute atomic E-state index is 12.9. The molecule has 0 aromatic heterocycles. The number of fused-ring (bicyclic) bond motifs is 1. The zero-order valence-electron chi connectivity index (χ0n) is 12.5. The molecule has 108 valence electrons. The lowest BCUT2D eigenvalue weighted by Gasteiger charge is -2.61. The SMILES string of the molecule is CC(C1CC1)N(C)C(=O)C1(N)C2CCOC2C1(C)C. The van der Waals surface area contributed by atoms with Crippen molar-refractivity contribution in [3.8, 4) is 0 Å². The van der Waals surface area contributed by atoms with E-state index >= 15 is 0 Å². The molecule has 0 radical (unpaired) electrons. The van der Waals surface area contributed by atoms with Gasteiger partial charge in [-0.3, -0.25) is 4.79 Å². The Hall–Kier alpha value is -0.610. The van der Waals surface area contributed by atoms with E-state index in [0.29, 0.717) is 12.0 Å². The van der Waals surface area contributed by atoms with Gasteiger partial charge in [0.2, 0.25) is 5.91 Å². The summed E-state index contributed by atoms with van der Waals surface area (Å²) in [4.78, 5) is 14.8. The summed E-state index contributed by atoms with van der Waals surface area (Å²) < 4.78 is 5.76. The molecule has 1 amide bonds. The first-order valence-corrected chi connectivity index (χ1v) is 7.49. The van der Waals surface area contributed by atoms with Crippen molar-refractivity contribution in [3.05, 3.63) is 0 Å². The molecule has 0 aromatic carbocycles. The average Bonchev–Trinajstić information content (AvgIpc) is 3.12. The van der Waals surface area contributed by atoms with Crippen LogP contribution >= 0.6 is 0 Å². The molecule has 1 heterocycles. The number of nitrogens with two attached hydrogens (primary N) is 1. The minimum atomic E-state index is -0.744. The molecule has 4 unspecified atom stereocenters. The van der Waals surface area contributed by atoms with Crippen LogP contribution in [0.4, 0.5) is 0 Å². The van der Waals surface area contributed by atoms with Gasteiger partial charge in [0.05, 0.1) is 6.10 Å². The summed E-state index contributed by atoms with van der Waals surface area (Å²) in [6.45, 7) is 7.04. The number of hydrogen-bond acceptors (Lipinski definition) is 3. The molecular formula is C15H26N2O2. The van der Waals surface area contributed by atoms with Crippen molar-refractivity contribution in [3.63, 3.8) is 0 Å². The lowest BCUT2D eigenvalue weighted by atomic mass is 9.47. The highest BCUT2D eigenvalue weighted by Crippen LogP contribution is 2.58. The first kappa shape index (κ1) is 13.4. The third kappa shape index (κ3) is 1.56. The third-order valence-corrected chi connectivity index (χ3v) is 6.04. The van der Waals surface area contributed by atoms with E-state index < -0.39 is 5.54 Å². The number of amides is 1. The molecule has 1 saturated heterocycles. The van der Waals surface area contributed by atoms with Crippen molar-refractivity contribution in [1.29, 1.82) is 0 Å². The Labute approximate surface area is 115 Å². The van der Waals surface area contributed by atoms with E-state index in [-0.39, 0.29) is 23.3 Å². The molecule has 19 heavy (non-hydrogen) atoms. The largest absolute Gasteiger partial charge is 0.377 e. The quantitative estimate of drug-likeness (QED) is 0.840. The summed E-state index contributed by atoms with van der Waals surface area (Å²) in [7, 11) is 1.92. The highest BCUT2D eigenvalue weighted by Gasteiger charge is 2.72. The van der Waals surface area contributed by atoms with Crippen molar-refractivity contribution in [2.45, 2.75) is 57.7 Å². The Morgan fingerprint density at radius 3 is 2.58 bits per heavy atom. The molecule has 2 aliphatic carbocycles. The van der Waals surface area contributed by atoms with Gasteiger partial charge in [0.15, 0.2) is 0 Å². The van der Waals surface area contributed by atoms with Gasteiger partial charge in [-0.25, -0.2) is 0 Å². The molecule has 0 bridgehead atoms. The van der Waals surface area contributed by atoms with Gasteiger partial charge >= 0.3 is 0 Å². The molecule has 2 N–H and O–H groups in total. The van der Waals surface area contributed by atoms with Gasteiger partial charge < -0.3 is 15.4 Å². The number of ether oxygens (including phenoxy) is 1. The van der Waals surface area contributed by atoms with Gasteiger partial charge in [0.25, 0.3) is 0 Å². The second kappa shape index (κ2) is 3.95. The van der Waals surface area contributed by atoms with Crippen molar-refractivity contribution in [1.82, 2.24) is 4.90 Å². The normalized spacial score (nSPS) is 41.3. The van der Waals surface area contributed by atoms with Crippen LogP contribution in [0, 0.1) is 17.3 Å². The topological polar surface area (TPSA) is 55.6 Å². The summed E-state index contributed by atoms with van der Waals surface area (Å²) in [6.07, 6.45) is 3.57. The number of likely N-dealkylation sites (N-methyl/N-ethyl adjacent to an activating group) is 1. The molecule has 2 saturated carbocycles. The standard InChI is InChI=1S/C15H26N2O2/c1-9(10-5-6-10)17(4)13(18)15(16)11-7-8-19-12(11)14(15,2)3/h9-12H,5-8,16H2,1-4H3. The maximum atomic E-state index is 12.9. The van der Waals surface area contributed by atoms with E-state index in [4.69, 9.17) is 10.5 Å². The van der Waals surface area contributed by atoms with Crippen LogP contribution in [0.5, 0.6) is 0 Å². The number of hydrogen-bond donors (Lipinski definition) is 1. The minimum Gasteiger partial charge on any atom is -0.377 e. The first-order valence-electron chi connectivity index (χ1n) is 7.49. The van der Waals surface area contributed by atoms with E-state index in [0.717, 1.165) is 13.0 Å². The Morgan fingerprint density at radius 1 is 1.37 bits per heavy atom. The van der Waals surface area contributed by atoms with Crippen molar-refractivity contribution >= 4 is 5.91 Å². The number of nitrogens with zero attached hydrogens (tertiary/aromatic N) is 1.